The number of anilines is 3. The van der Waals surface area contributed by atoms with Crippen molar-refractivity contribution < 1.29 is 4.79 Å². The fourth-order valence-corrected chi connectivity index (χ4v) is 4.91. The highest BCUT2D eigenvalue weighted by molar-refractivity contribution is 9.10. The first kappa shape index (κ1) is 21.4. The summed E-state index contributed by atoms with van der Waals surface area (Å²) >= 11 is 3.55. The molecule has 1 aliphatic rings. The third-order valence-corrected chi connectivity index (χ3v) is 6.61. The van der Waals surface area contributed by atoms with Crippen LogP contribution in [-0.4, -0.2) is 37.2 Å². The minimum atomic E-state index is -0.407. The molecule has 162 valence electrons. The van der Waals surface area contributed by atoms with Crippen molar-refractivity contribution in [1.29, 1.82) is 0 Å². The summed E-state index contributed by atoms with van der Waals surface area (Å²) in [5.41, 5.74) is 8.73. The number of carbonyl (C=O) groups excluding carboxylic acids is 1. The van der Waals surface area contributed by atoms with E-state index in [1.807, 2.05) is 42.5 Å². The van der Waals surface area contributed by atoms with Crippen molar-refractivity contribution in [3.8, 4) is 0 Å². The predicted molar refractivity (Wildman–Crippen MR) is 132 cm³/mol. The van der Waals surface area contributed by atoms with E-state index in [2.05, 4.69) is 52.4 Å². The van der Waals surface area contributed by atoms with E-state index in [-0.39, 0.29) is 6.04 Å². The van der Waals surface area contributed by atoms with Crippen LogP contribution in [0, 0.1) is 0 Å². The highest BCUT2D eigenvalue weighted by Gasteiger charge is 2.30. The van der Waals surface area contributed by atoms with E-state index in [0.717, 1.165) is 58.3 Å². The summed E-state index contributed by atoms with van der Waals surface area (Å²) in [6.45, 7) is 0. The monoisotopic (exact) mass is 481 g/mol. The number of benzene rings is 2. The van der Waals surface area contributed by atoms with Crippen molar-refractivity contribution in [3.63, 3.8) is 0 Å². The third kappa shape index (κ3) is 4.61. The second kappa shape index (κ2) is 9.14. The van der Waals surface area contributed by atoms with Gasteiger partial charge in [0.25, 0.3) is 0 Å². The summed E-state index contributed by atoms with van der Waals surface area (Å²) in [5, 5.41) is 4.77. The fourth-order valence-electron chi connectivity index (χ4n) is 4.43. The lowest BCUT2D eigenvalue weighted by Crippen LogP contribution is -2.47. The maximum absolute atomic E-state index is 12.2. The van der Waals surface area contributed by atoms with Crippen LogP contribution >= 0.6 is 15.9 Å². The maximum atomic E-state index is 12.2. The molecule has 2 amide bonds. The van der Waals surface area contributed by atoms with Gasteiger partial charge in [0.15, 0.2) is 0 Å². The summed E-state index contributed by atoms with van der Waals surface area (Å²) in [6, 6.07) is 18.1. The van der Waals surface area contributed by atoms with Crippen LogP contribution in [0.5, 0.6) is 0 Å². The molecule has 1 fully saturated rings. The van der Waals surface area contributed by atoms with Crippen molar-refractivity contribution in [2.24, 2.45) is 5.73 Å². The second-order valence-corrected chi connectivity index (χ2v) is 9.10. The molecule has 0 unspecified atom stereocenters. The van der Waals surface area contributed by atoms with E-state index >= 15 is 0 Å². The van der Waals surface area contributed by atoms with Crippen molar-refractivity contribution in [1.82, 2.24) is 4.98 Å². The highest BCUT2D eigenvalue weighted by atomic mass is 79.9. The van der Waals surface area contributed by atoms with E-state index in [0.29, 0.717) is 6.04 Å². The molecule has 1 aliphatic carbocycles. The van der Waals surface area contributed by atoms with Gasteiger partial charge < -0.3 is 16.0 Å². The van der Waals surface area contributed by atoms with Crippen molar-refractivity contribution in [3.05, 3.63) is 59.1 Å². The highest BCUT2D eigenvalue weighted by Crippen LogP contribution is 2.34. The zero-order valence-corrected chi connectivity index (χ0v) is 19.5. The lowest BCUT2D eigenvalue weighted by atomic mass is 9.90. The van der Waals surface area contributed by atoms with Gasteiger partial charge in [-0.25, -0.2) is 9.78 Å². The minimum absolute atomic E-state index is 0.0937. The first-order valence-corrected chi connectivity index (χ1v) is 11.4. The SMILES string of the molecule is CN(C)c1cc(NC2CCC(N(C(N)=O)c3ccccc3Br)CC2)nc2ccccc12. The first-order valence-electron chi connectivity index (χ1n) is 10.6. The van der Waals surface area contributed by atoms with Crippen LogP contribution in [0.2, 0.25) is 0 Å². The number of pyridine rings is 1. The maximum Gasteiger partial charge on any atom is 0.319 e. The molecule has 2 aromatic carbocycles. The number of hydrogen-bond acceptors (Lipinski definition) is 4. The number of hydrogen-bond donors (Lipinski definition) is 2. The number of para-hydroxylation sites is 2. The molecule has 0 spiro atoms. The number of nitrogens with one attached hydrogen (secondary N) is 1. The Labute approximate surface area is 191 Å². The Bertz CT molecular complexity index is 1080. The summed E-state index contributed by atoms with van der Waals surface area (Å²) in [4.78, 5) is 20.9. The number of carbonyl (C=O) groups is 1. The van der Waals surface area contributed by atoms with Gasteiger partial charge in [-0.1, -0.05) is 30.3 Å². The number of primary amides is 1. The van der Waals surface area contributed by atoms with Crippen LogP contribution in [-0.2, 0) is 0 Å². The van der Waals surface area contributed by atoms with Crippen molar-refractivity contribution >= 4 is 50.1 Å². The number of rotatable bonds is 5. The van der Waals surface area contributed by atoms with Crippen LogP contribution in [0.1, 0.15) is 25.7 Å². The number of nitrogens with two attached hydrogens (primary N) is 1. The van der Waals surface area contributed by atoms with Gasteiger partial charge in [0.1, 0.15) is 5.82 Å². The second-order valence-electron chi connectivity index (χ2n) is 8.25. The Kier molecular flexibility index (Phi) is 6.32. The first-order chi connectivity index (χ1) is 14.9. The van der Waals surface area contributed by atoms with Crippen molar-refractivity contribution in [2.45, 2.75) is 37.8 Å². The molecule has 3 aromatic rings. The van der Waals surface area contributed by atoms with Gasteiger partial charge in [-0.3, -0.25) is 4.90 Å². The molecule has 1 aromatic heterocycles. The minimum Gasteiger partial charge on any atom is -0.377 e. The van der Waals surface area contributed by atoms with Gasteiger partial charge in [-0.2, -0.15) is 0 Å². The van der Waals surface area contributed by atoms with Gasteiger partial charge >= 0.3 is 6.03 Å². The molecule has 0 aliphatic heterocycles. The van der Waals surface area contributed by atoms with Gasteiger partial charge in [0, 0.05) is 47.8 Å². The van der Waals surface area contributed by atoms with E-state index in [1.54, 1.807) is 4.90 Å². The van der Waals surface area contributed by atoms with E-state index in [9.17, 15) is 4.79 Å². The Balaban J connectivity index is 1.48. The van der Waals surface area contributed by atoms with Gasteiger partial charge in [0.05, 0.1) is 11.2 Å². The largest absolute Gasteiger partial charge is 0.377 e. The zero-order chi connectivity index (χ0) is 22.0. The predicted octanol–water partition coefficient (Wildman–Crippen LogP) is 5.37. The number of amides is 2. The van der Waals surface area contributed by atoms with Crippen LogP contribution in [0.25, 0.3) is 10.9 Å². The average Bonchev–Trinajstić information content (AvgIpc) is 2.75. The molecule has 0 bridgehead atoms. The third-order valence-electron chi connectivity index (χ3n) is 5.94. The molecule has 0 saturated heterocycles. The number of aromatic nitrogens is 1. The van der Waals surface area contributed by atoms with Crippen LogP contribution in [0.4, 0.5) is 22.0 Å². The van der Waals surface area contributed by atoms with E-state index in [4.69, 9.17) is 10.7 Å². The molecule has 31 heavy (non-hydrogen) atoms. The molecule has 4 rings (SSSR count). The molecule has 3 N–H and O–H groups in total. The van der Waals surface area contributed by atoms with Crippen molar-refractivity contribution in [2.75, 3.05) is 29.2 Å². The number of urea groups is 1. The summed E-state index contributed by atoms with van der Waals surface area (Å²) in [6.07, 6.45) is 3.67. The standard InChI is InChI=1S/C24H28BrN5O/c1-29(2)22-15-23(28-20-9-5-3-7-18(20)22)27-16-11-13-17(14-12-16)30(24(26)31)21-10-6-4-8-19(21)25/h3-10,15-17H,11-14H2,1-2H3,(H2,26,31)(H,27,28). The van der Waals surface area contributed by atoms with Crippen LogP contribution in [0.3, 0.4) is 0 Å². The van der Waals surface area contributed by atoms with Gasteiger partial charge in [-0.15, -0.1) is 0 Å². The topological polar surface area (TPSA) is 74.5 Å². The molecule has 7 heteroatoms. The van der Waals surface area contributed by atoms with Crippen LogP contribution in [0.15, 0.2) is 59.1 Å². The Morgan fingerprint density at radius 2 is 1.71 bits per heavy atom. The molecule has 0 atom stereocenters. The Hall–Kier alpha value is -2.80. The molecule has 0 radical (unpaired) electrons. The van der Waals surface area contributed by atoms with E-state index in [1.165, 1.54) is 0 Å². The number of halogens is 1. The number of fused-ring (bicyclic) bond motifs is 1. The summed E-state index contributed by atoms with van der Waals surface area (Å²) in [7, 11) is 4.10. The molecular formula is C24H28BrN5O. The molecule has 1 heterocycles. The number of nitrogens with zero attached hydrogens (tertiary/aromatic N) is 3. The fraction of sp³-hybridized carbons (Fsp3) is 0.333. The summed E-state index contributed by atoms with van der Waals surface area (Å²) < 4.78 is 0.880. The van der Waals surface area contributed by atoms with E-state index < -0.39 is 6.03 Å². The summed E-state index contributed by atoms with van der Waals surface area (Å²) in [5.74, 6) is 0.892. The smallest absolute Gasteiger partial charge is 0.319 e. The normalized spacial score (nSPS) is 18.5. The van der Waals surface area contributed by atoms with Gasteiger partial charge in [-0.05, 0) is 59.8 Å². The Morgan fingerprint density at radius 1 is 1.03 bits per heavy atom. The molecule has 1 saturated carbocycles. The Morgan fingerprint density at radius 3 is 2.39 bits per heavy atom. The lowest BCUT2D eigenvalue weighted by Gasteiger charge is -2.36. The molecule has 6 nitrogen and oxygen atoms in total. The molecular weight excluding hydrogens is 454 g/mol. The van der Waals surface area contributed by atoms with Gasteiger partial charge in [0.2, 0.25) is 0 Å². The lowest BCUT2D eigenvalue weighted by molar-refractivity contribution is 0.248. The average molecular weight is 482 g/mol. The zero-order valence-electron chi connectivity index (χ0n) is 17.9. The van der Waals surface area contributed by atoms with Crippen LogP contribution < -0.4 is 20.9 Å². The quantitative estimate of drug-likeness (QED) is 0.513.